The molecule has 0 spiro atoms. The van der Waals surface area contributed by atoms with E-state index in [1.54, 1.807) is 6.07 Å². The molecule has 0 aliphatic heterocycles. The molecule has 0 saturated carbocycles. The van der Waals surface area contributed by atoms with Crippen molar-refractivity contribution in [1.29, 1.82) is 0 Å². The average Bonchev–Trinajstić information content (AvgIpc) is 2.36. The Balaban J connectivity index is 3.41. The lowest BCUT2D eigenvalue weighted by Crippen LogP contribution is -2.20. The first kappa shape index (κ1) is 17.0. The second-order valence-corrected chi connectivity index (χ2v) is 6.02. The predicted octanol–water partition coefficient (Wildman–Crippen LogP) is 2.83. The van der Waals surface area contributed by atoms with Crippen LogP contribution in [-0.2, 0) is 10.2 Å². The molecule has 0 aromatic heterocycles. The van der Waals surface area contributed by atoms with Gasteiger partial charge in [0.15, 0.2) is 5.75 Å². The van der Waals surface area contributed by atoms with Crippen molar-refractivity contribution in [1.82, 2.24) is 0 Å². The molecule has 0 radical (unpaired) electrons. The van der Waals surface area contributed by atoms with E-state index in [1.807, 2.05) is 33.8 Å². The van der Waals surface area contributed by atoms with Gasteiger partial charge in [-0.05, 0) is 29.5 Å². The fourth-order valence-corrected chi connectivity index (χ4v) is 2.00. The molecule has 21 heavy (non-hydrogen) atoms. The van der Waals surface area contributed by atoms with Crippen LogP contribution >= 0.6 is 0 Å². The molecule has 0 heterocycles. The molecule has 2 amide bonds. The average molecular weight is 292 g/mol. The van der Waals surface area contributed by atoms with E-state index in [0.29, 0.717) is 17.9 Å². The summed E-state index contributed by atoms with van der Waals surface area (Å²) in [6.45, 7) is 8.00. The van der Waals surface area contributed by atoms with Crippen LogP contribution in [0, 0.1) is 0 Å². The monoisotopic (exact) mass is 292 g/mol. The number of anilines is 1. The van der Waals surface area contributed by atoms with Gasteiger partial charge in [0.05, 0.1) is 18.4 Å². The van der Waals surface area contributed by atoms with Crippen LogP contribution in [0.1, 0.15) is 56.5 Å². The summed E-state index contributed by atoms with van der Waals surface area (Å²) >= 11 is 0. The van der Waals surface area contributed by atoms with E-state index >= 15 is 0 Å². The minimum Gasteiger partial charge on any atom is -0.494 e. The Kier molecular flexibility index (Phi) is 5.35. The van der Waals surface area contributed by atoms with Gasteiger partial charge < -0.3 is 15.8 Å². The number of amides is 2. The zero-order chi connectivity index (χ0) is 16.2. The van der Waals surface area contributed by atoms with E-state index in [9.17, 15) is 9.59 Å². The SMILES string of the molecule is CCCC(=O)Nc1cc(C(C)(C)C)cc(C(N)=O)c1OC. The molecule has 0 fully saturated rings. The van der Waals surface area contributed by atoms with Crippen LogP contribution in [0.5, 0.6) is 5.75 Å². The van der Waals surface area contributed by atoms with Crippen molar-refractivity contribution < 1.29 is 14.3 Å². The molecule has 1 aromatic carbocycles. The quantitative estimate of drug-likeness (QED) is 0.875. The number of carbonyl (C=O) groups is 2. The molecule has 0 atom stereocenters. The highest BCUT2D eigenvalue weighted by atomic mass is 16.5. The maximum atomic E-state index is 11.8. The highest BCUT2D eigenvalue weighted by Crippen LogP contribution is 2.35. The van der Waals surface area contributed by atoms with E-state index in [-0.39, 0.29) is 16.9 Å². The second-order valence-electron chi connectivity index (χ2n) is 6.02. The number of hydrogen-bond donors (Lipinski definition) is 2. The zero-order valence-corrected chi connectivity index (χ0v) is 13.4. The maximum Gasteiger partial charge on any atom is 0.252 e. The van der Waals surface area contributed by atoms with Gasteiger partial charge in [-0.1, -0.05) is 27.7 Å². The van der Waals surface area contributed by atoms with Crippen molar-refractivity contribution in [3.8, 4) is 5.75 Å². The van der Waals surface area contributed by atoms with Gasteiger partial charge in [0.25, 0.3) is 5.91 Å². The number of nitrogens with one attached hydrogen (secondary N) is 1. The number of ether oxygens (including phenoxy) is 1. The van der Waals surface area contributed by atoms with Gasteiger partial charge in [-0.2, -0.15) is 0 Å². The van der Waals surface area contributed by atoms with E-state index in [4.69, 9.17) is 10.5 Å². The van der Waals surface area contributed by atoms with Crippen molar-refractivity contribution in [3.63, 3.8) is 0 Å². The molecular weight excluding hydrogens is 268 g/mol. The molecule has 1 aromatic rings. The summed E-state index contributed by atoms with van der Waals surface area (Å²) in [5.41, 5.74) is 6.91. The molecule has 0 unspecified atom stereocenters. The normalized spacial score (nSPS) is 11.1. The topological polar surface area (TPSA) is 81.4 Å². The first-order chi connectivity index (χ1) is 9.70. The highest BCUT2D eigenvalue weighted by Gasteiger charge is 2.22. The van der Waals surface area contributed by atoms with Gasteiger partial charge in [-0.3, -0.25) is 9.59 Å². The first-order valence-corrected chi connectivity index (χ1v) is 7.02. The lowest BCUT2D eigenvalue weighted by Gasteiger charge is -2.23. The van der Waals surface area contributed by atoms with Crippen LogP contribution in [0.4, 0.5) is 5.69 Å². The van der Waals surface area contributed by atoms with Gasteiger partial charge in [-0.15, -0.1) is 0 Å². The number of hydrogen-bond acceptors (Lipinski definition) is 3. The Morgan fingerprint density at radius 1 is 1.29 bits per heavy atom. The summed E-state index contributed by atoms with van der Waals surface area (Å²) < 4.78 is 5.27. The smallest absolute Gasteiger partial charge is 0.252 e. The number of rotatable bonds is 5. The second kappa shape index (κ2) is 6.61. The van der Waals surface area contributed by atoms with Gasteiger partial charge in [0.2, 0.25) is 5.91 Å². The summed E-state index contributed by atoms with van der Waals surface area (Å²) in [6.07, 6.45) is 1.16. The Hall–Kier alpha value is -2.04. The minimum atomic E-state index is -0.580. The Morgan fingerprint density at radius 2 is 1.90 bits per heavy atom. The largest absolute Gasteiger partial charge is 0.494 e. The Labute approximate surface area is 125 Å². The van der Waals surface area contributed by atoms with E-state index < -0.39 is 5.91 Å². The molecule has 5 nitrogen and oxygen atoms in total. The van der Waals surface area contributed by atoms with E-state index in [2.05, 4.69) is 5.32 Å². The Morgan fingerprint density at radius 3 is 2.33 bits per heavy atom. The van der Waals surface area contributed by atoms with Crippen molar-refractivity contribution in [2.24, 2.45) is 5.73 Å². The van der Waals surface area contributed by atoms with E-state index in [0.717, 1.165) is 12.0 Å². The van der Waals surface area contributed by atoms with Crippen molar-refractivity contribution in [3.05, 3.63) is 23.3 Å². The van der Waals surface area contributed by atoms with Crippen LogP contribution in [0.15, 0.2) is 12.1 Å². The molecule has 1 rings (SSSR count). The number of carbonyl (C=O) groups excluding carboxylic acids is 2. The van der Waals surface area contributed by atoms with Gasteiger partial charge in [0, 0.05) is 6.42 Å². The number of nitrogens with two attached hydrogens (primary N) is 1. The van der Waals surface area contributed by atoms with Crippen LogP contribution < -0.4 is 15.8 Å². The molecular formula is C16H24N2O3. The molecule has 0 aliphatic rings. The highest BCUT2D eigenvalue weighted by molar-refractivity contribution is 6.01. The number of benzene rings is 1. The fraction of sp³-hybridized carbons (Fsp3) is 0.500. The van der Waals surface area contributed by atoms with Crippen LogP contribution in [-0.4, -0.2) is 18.9 Å². The fourth-order valence-electron chi connectivity index (χ4n) is 2.00. The maximum absolute atomic E-state index is 11.8. The summed E-state index contributed by atoms with van der Waals surface area (Å²) in [4.78, 5) is 23.5. The third kappa shape index (κ3) is 4.21. The molecule has 0 bridgehead atoms. The summed E-state index contributed by atoms with van der Waals surface area (Å²) in [5, 5.41) is 2.80. The lowest BCUT2D eigenvalue weighted by molar-refractivity contribution is -0.116. The van der Waals surface area contributed by atoms with Crippen LogP contribution in [0.25, 0.3) is 0 Å². The number of primary amides is 1. The third-order valence-electron chi connectivity index (χ3n) is 3.18. The lowest BCUT2D eigenvalue weighted by atomic mass is 9.85. The Bertz CT molecular complexity index is 545. The summed E-state index contributed by atoms with van der Waals surface area (Å²) in [7, 11) is 1.45. The van der Waals surface area contributed by atoms with Crippen LogP contribution in [0.3, 0.4) is 0 Å². The van der Waals surface area contributed by atoms with Gasteiger partial charge >= 0.3 is 0 Å². The number of methoxy groups -OCH3 is 1. The zero-order valence-electron chi connectivity index (χ0n) is 13.4. The predicted molar refractivity (Wildman–Crippen MR) is 83.7 cm³/mol. The molecule has 0 aliphatic carbocycles. The van der Waals surface area contributed by atoms with Crippen molar-refractivity contribution >= 4 is 17.5 Å². The molecule has 116 valence electrons. The first-order valence-electron chi connectivity index (χ1n) is 7.02. The molecule has 0 saturated heterocycles. The van der Waals surface area contributed by atoms with Crippen molar-refractivity contribution in [2.75, 3.05) is 12.4 Å². The minimum absolute atomic E-state index is 0.114. The van der Waals surface area contributed by atoms with Gasteiger partial charge in [0.1, 0.15) is 0 Å². The molecule has 5 heteroatoms. The van der Waals surface area contributed by atoms with E-state index in [1.165, 1.54) is 7.11 Å². The van der Waals surface area contributed by atoms with Crippen LogP contribution in [0.2, 0.25) is 0 Å². The third-order valence-corrected chi connectivity index (χ3v) is 3.18. The summed E-state index contributed by atoms with van der Waals surface area (Å²) in [5.74, 6) is -0.388. The summed E-state index contributed by atoms with van der Waals surface area (Å²) in [6, 6.07) is 3.55. The molecule has 3 N–H and O–H groups in total. The van der Waals surface area contributed by atoms with Gasteiger partial charge in [-0.25, -0.2) is 0 Å². The standard InChI is InChI=1S/C16H24N2O3/c1-6-7-13(19)18-12-9-10(16(2,3)4)8-11(15(17)20)14(12)21-5/h8-9H,6-7H2,1-5H3,(H2,17,20)(H,18,19). The van der Waals surface area contributed by atoms with Crippen molar-refractivity contribution in [2.45, 2.75) is 46.0 Å².